The molecule has 0 N–H and O–H groups in total. The van der Waals surface area contributed by atoms with Crippen LogP contribution in [0.5, 0.6) is 0 Å². The summed E-state index contributed by atoms with van der Waals surface area (Å²) in [5, 5.41) is 4.66. The zero-order valence-electron chi connectivity index (χ0n) is 18.1. The van der Waals surface area contributed by atoms with E-state index in [4.69, 9.17) is 8.83 Å². The van der Waals surface area contributed by atoms with Crippen molar-refractivity contribution in [3.63, 3.8) is 0 Å². The van der Waals surface area contributed by atoms with Crippen molar-refractivity contribution < 1.29 is 8.83 Å². The second kappa shape index (κ2) is 6.85. The van der Waals surface area contributed by atoms with Crippen molar-refractivity contribution in [2.75, 3.05) is 0 Å². The third-order valence-electron chi connectivity index (χ3n) is 6.65. The largest absolute Gasteiger partial charge is 0.455 e. The molecule has 0 atom stereocenters. The van der Waals surface area contributed by atoms with E-state index in [0.717, 1.165) is 55.4 Å². The lowest BCUT2D eigenvalue weighted by atomic mass is 9.96. The van der Waals surface area contributed by atoms with Gasteiger partial charge in [-0.25, -0.2) is 0 Å². The molecule has 2 nitrogen and oxygen atoms in total. The maximum atomic E-state index is 6.31. The molecule has 2 heterocycles. The van der Waals surface area contributed by atoms with E-state index in [1.807, 2.05) is 24.3 Å². The predicted octanol–water partition coefficient (Wildman–Crippen LogP) is 9.13. The van der Waals surface area contributed by atoms with E-state index in [-0.39, 0.29) is 0 Å². The van der Waals surface area contributed by atoms with Crippen LogP contribution in [0.2, 0.25) is 0 Å². The van der Waals surface area contributed by atoms with E-state index >= 15 is 0 Å². The standard InChI is InChI=1S/C31H20O2/c1-19-13-18-23(31-29(19)26-8-3-5-12-28(26)33-31)21-16-14-20(15-17-21)22-9-6-10-25-24-7-2-4-11-27(24)32-30(22)25/h2-18H,1H3. The molecule has 2 aromatic heterocycles. The fourth-order valence-electron chi connectivity index (χ4n) is 5.03. The molecule has 0 aliphatic rings. The van der Waals surface area contributed by atoms with Crippen molar-refractivity contribution in [3.8, 4) is 22.3 Å². The van der Waals surface area contributed by atoms with E-state index in [1.165, 1.54) is 16.3 Å². The number of aryl methyl sites for hydroxylation is 1. The summed E-state index contributed by atoms with van der Waals surface area (Å²) in [5.74, 6) is 0. The van der Waals surface area contributed by atoms with Gasteiger partial charge in [0.05, 0.1) is 0 Å². The molecule has 7 aromatic rings. The van der Waals surface area contributed by atoms with Gasteiger partial charge in [-0.1, -0.05) is 91.0 Å². The summed E-state index contributed by atoms with van der Waals surface area (Å²) in [4.78, 5) is 0. The molecule has 5 aromatic carbocycles. The van der Waals surface area contributed by atoms with Crippen LogP contribution >= 0.6 is 0 Å². The summed E-state index contributed by atoms with van der Waals surface area (Å²) in [6.07, 6.45) is 0. The third kappa shape index (κ3) is 2.68. The van der Waals surface area contributed by atoms with Gasteiger partial charge in [0.2, 0.25) is 0 Å². The molecule has 156 valence electrons. The average Bonchev–Trinajstić information content (AvgIpc) is 3.44. The van der Waals surface area contributed by atoms with Gasteiger partial charge in [-0.15, -0.1) is 0 Å². The van der Waals surface area contributed by atoms with E-state index in [1.54, 1.807) is 0 Å². The zero-order chi connectivity index (χ0) is 21.9. The van der Waals surface area contributed by atoms with Gasteiger partial charge in [0, 0.05) is 32.7 Å². The Kier molecular flexibility index (Phi) is 3.80. The number of hydrogen-bond acceptors (Lipinski definition) is 2. The van der Waals surface area contributed by atoms with Gasteiger partial charge < -0.3 is 8.83 Å². The van der Waals surface area contributed by atoms with Crippen molar-refractivity contribution in [1.82, 2.24) is 0 Å². The Labute approximate surface area is 190 Å². The Morgan fingerprint density at radius 3 is 1.79 bits per heavy atom. The summed E-state index contributed by atoms with van der Waals surface area (Å²) in [6, 6.07) is 35.9. The van der Waals surface area contributed by atoms with Gasteiger partial charge >= 0.3 is 0 Å². The summed E-state index contributed by atoms with van der Waals surface area (Å²) >= 11 is 0. The summed E-state index contributed by atoms with van der Waals surface area (Å²) in [5.41, 5.74) is 9.45. The van der Waals surface area contributed by atoms with Crippen LogP contribution < -0.4 is 0 Å². The van der Waals surface area contributed by atoms with Crippen LogP contribution in [0.3, 0.4) is 0 Å². The molecule has 0 saturated heterocycles. The minimum atomic E-state index is 0.920. The van der Waals surface area contributed by atoms with Gasteiger partial charge in [0.25, 0.3) is 0 Å². The zero-order valence-corrected chi connectivity index (χ0v) is 18.1. The molecule has 7 rings (SSSR count). The fourth-order valence-corrected chi connectivity index (χ4v) is 5.03. The fraction of sp³-hybridized carbons (Fsp3) is 0.0323. The van der Waals surface area contributed by atoms with Gasteiger partial charge in [-0.3, -0.25) is 0 Å². The molecule has 0 spiro atoms. The number of furan rings is 2. The van der Waals surface area contributed by atoms with Crippen LogP contribution in [0.4, 0.5) is 0 Å². The SMILES string of the molecule is Cc1ccc(-c2ccc(-c3cccc4c3oc3ccccc34)cc2)c2oc3ccccc3c12. The normalized spacial score (nSPS) is 11.8. The molecule has 0 amide bonds. The predicted molar refractivity (Wildman–Crippen MR) is 137 cm³/mol. The summed E-state index contributed by atoms with van der Waals surface area (Å²) in [6.45, 7) is 2.14. The highest BCUT2D eigenvalue weighted by molar-refractivity contribution is 6.12. The van der Waals surface area contributed by atoms with Crippen molar-refractivity contribution >= 4 is 43.9 Å². The molecule has 0 aliphatic heterocycles. The van der Waals surface area contributed by atoms with Gasteiger partial charge in [-0.05, 0) is 35.7 Å². The number of fused-ring (bicyclic) bond motifs is 6. The first-order valence-electron chi connectivity index (χ1n) is 11.2. The average molecular weight is 424 g/mol. The number of para-hydroxylation sites is 3. The Bertz CT molecular complexity index is 1810. The van der Waals surface area contributed by atoms with Gasteiger partial charge in [0.15, 0.2) is 0 Å². The number of hydrogen-bond donors (Lipinski definition) is 0. The molecular formula is C31H20O2. The lowest BCUT2D eigenvalue weighted by Crippen LogP contribution is -1.83. The van der Waals surface area contributed by atoms with Crippen molar-refractivity contribution in [3.05, 3.63) is 109 Å². The Balaban J connectivity index is 1.39. The van der Waals surface area contributed by atoms with Crippen LogP contribution in [0.25, 0.3) is 66.1 Å². The Morgan fingerprint density at radius 1 is 0.455 bits per heavy atom. The molecule has 0 radical (unpaired) electrons. The minimum absolute atomic E-state index is 0.920. The second-order valence-corrected chi connectivity index (χ2v) is 8.59. The first-order valence-corrected chi connectivity index (χ1v) is 11.2. The van der Waals surface area contributed by atoms with Crippen molar-refractivity contribution in [2.45, 2.75) is 6.92 Å². The second-order valence-electron chi connectivity index (χ2n) is 8.59. The first-order chi connectivity index (χ1) is 16.3. The highest BCUT2D eigenvalue weighted by Gasteiger charge is 2.15. The quantitative estimate of drug-likeness (QED) is 0.276. The topological polar surface area (TPSA) is 26.3 Å². The lowest BCUT2D eigenvalue weighted by Gasteiger charge is -2.07. The van der Waals surface area contributed by atoms with E-state index in [2.05, 4.69) is 85.8 Å². The summed E-state index contributed by atoms with van der Waals surface area (Å²) < 4.78 is 12.6. The smallest absolute Gasteiger partial charge is 0.143 e. The summed E-state index contributed by atoms with van der Waals surface area (Å²) in [7, 11) is 0. The molecule has 2 heteroatoms. The highest BCUT2D eigenvalue weighted by atomic mass is 16.3. The minimum Gasteiger partial charge on any atom is -0.455 e. The molecule has 0 bridgehead atoms. The molecule has 0 fully saturated rings. The van der Waals surface area contributed by atoms with Crippen molar-refractivity contribution in [1.29, 1.82) is 0 Å². The Hall–Kier alpha value is -4.30. The molecule has 33 heavy (non-hydrogen) atoms. The number of rotatable bonds is 2. The maximum Gasteiger partial charge on any atom is 0.143 e. The van der Waals surface area contributed by atoms with E-state index in [9.17, 15) is 0 Å². The third-order valence-corrected chi connectivity index (χ3v) is 6.65. The van der Waals surface area contributed by atoms with E-state index < -0.39 is 0 Å². The van der Waals surface area contributed by atoms with Gasteiger partial charge in [-0.2, -0.15) is 0 Å². The first kappa shape index (κ1) is 18.3. The van der Waals surface area contributed by atoms with Crippen LogP contribution in [-0.4, -0.2) is 0 Å². The molecule has 0 aliphatic carbocycles. The maximum absolute atomic E-state index is 6.31. The highest BCUT2D eigenvalue weighted by Crippen LogP contribution is 2.39. The molecule has 0 unspecified atom stereocenters. The monoisotopic (exact) mass is 424 g/mol. The van der Waals surface area contributed by atoms with Crippen molar-refractivity contribution in [2.24, 2.45) is 0 Å². The molecule has 0 saturated carbocycles. The van der Waals surface area contributed by atoms with Gasteiger partial charge in [0.1, 0.15) is 22.3 Å². The van der Waals surface area contributed by atoms with Crippen LogP contribution in [0.1, 0.15) is 5.56 Å². The van der Waals surface area contributed by atoms with Crippen LogP contribution in [-0.2, 0) is 0 Å². The molecular weight excluding hydrogens is 404 g/mol. The Morgan fingerprint density at radius 2 is 1.03 bits per heavy atom. The van der Waals surface area contributed by atoms with E-state index in [0.29, 0.717) is 0 Å². The lowest BCUT2D eigenvalue weighted by molar-refractivity contribution is 0.669. The number of benzene rings is 5. The van der Waals surface area contributed by atoms with Crippen LogP contribution in [0, 0.1) is 6.92 Å². The van der Waals surface area contributed by atoms with Crippen LogP contribution in [0.15, 0.2) is 112 Å².